The number of hydrogen-bond acceptors (Lipinski definition) is 9. The van der Waals surface area contributed by atoms with Gasteiger partial charge in [0.15, 0.2) is 11.5 Å². The van der Waals surface area contributed by atoms with Crippen LogP contribution in [0.25, 0.3) is 11.4 Å². The predicted octanol–water partition coefficient (Wildman–Crippen LogP) is 3.34. The van der Waals surface area contributed by atoms with Crippen molar-refractivity contribution in [2.24, 2.45) is 0 Å². The molecule has 0 spiro atoms. The molecule has 0 unspecified atom stereocenters. The largest absolute Gasteiger partial charge is 0.497 e. The van der Waals surface area contributed by atoms with Gasteiger partial charge < -0.3 is 28.5 Å². The molecule has 1 aliphatic rings. The van der Waals surface area contributed by atoms with E-state index in [1.807, 2.05) is 35.2 Å². The highest BCUT2D eigenvalue weighted by Gasteiger charge is 2.21. The van der Waals surface area contributed by atoms with Crippen molar-refractivity contribution in [3.05, 3.63) is 48.4 Å². The van der Waals surface area contributed by atoms with E-state index in [1.165, 1.54) is 11.8 Å². The summed E-state index contributed by atoms with van der Waals surface area (Å²) in [6.07, 6.45) is 0. The van der Waals surface area contributed by atoms with Crippen LogP contribution < -0.4 is 19.1 Å². The lowest BCUT2D eigenvalue weighted by molar-refractivity contribution is -0.128. The summed E-state index contributed by atoms with van der Waals surface area (Å²) in [5, 5.41) is 4.05. The molecule has 2 heterocycles. The SMILES string of the molecule is COc1ccc(N2CCN(C(=O)CSCc3nc(-c4ccc(OC)c(OC)c4)no3)CC2)cc1. The molecule has 0 bridgehead atoms. The highest BCUT2D eigenvalue weighted by molar-refractivity contribution is 7.99. The summed E-state index contributed by atoms with van der Waals surface area (Å²) in [6, 6.07) is 13.5. The van der Waals surface area contributed by atoms with Crippen LogP contribution in [-0.2, 0) is 10.5 Å². The molecule has 2 aromatic carbocycles. The van der Waals surface area contributed by atoms with Gasteiger partial charge in [-0.2, -0.15) is 4.98 Å². The lowest BCUT2D eigenvalue weighted by Crippen LogP contribution is -2.49. The number of carbonyl (C=O) groups is 1. The van der Waals surface area contributed by atoms with Gasteiger partial charge in [0.25, 0.3) is 0 Å². The highest BCUT2D eigenvalue weighted by atomic mass is 32.2. The van der Waals surface area contributed by atoms with Gasteiger partial charge >= 0.3 is 0 Å². The Labute approximate surface area is 203 Å². The number of rotatable bonds is 9. The van der Waals surface area contributed by atoms with Gasteiger partial charge in [-0.15, -0.1) is 11.8 Å². The third-order valence-corrected chi connectivity index (χ3v) is 6.53. The van der Waals surface area contributed by atoms with Gasteiger partial charge in [0.05, 0.1) is 32.8 Å². The van der Waals surface area contributed by atoms with Crippen molar-refractivity contribution in [1.82, 2.24) is 15.0 Å². The summed E-state index contributed by atoms with van der Waals surface area (Å²) < 4.78 is 21.2. The molecule has 9 nitrogen and oxygen atoms in total. The Kier molecular flexibility index (Phi) is 7.79. The minimum atomic E-state index is 0.124. The smallest absolute Gasteiger partial charge is 0.236 e. The van der Waals surface area contributed by atoms with Crippen molar-refractivity contribution in [3.63, 3.8) is 0 Å². The van der Waals surface area contributed by atoms with Crippen molar-refractivity contribution in [3.8, 4) is 28.6 Å². The normalized spacial score (nSPS) is 13.6. The summed E-state index contributed by atoms with van der Waals surface area (Å²) >= 11 is 1.47. The second-order valence-corrected chi connectivity index (χ2v) is 8.63. The number of amides is 1. The number of hydrogen-bond donors (Lipinski definition) is 0. The van der Waals surface area contributed by atoms with E-state index in [2.05, 4.69) is 15.0 Å². The number of methoxy groups -OCH3 is 3. The molecule has 4 rings (SSSR count). The van der Waals surface area contributed by atoms with Crippen LogP contribution in [-0.4, -0.2) is 74.2 Å². The molecule has 0 radical (unpaired) electrons. The molecule has 0 atom stereocenters. The van der Waals surface area contributed by atoms with E-state index in [4.69, 9.17) is 18.7 Å². The van der Waals surface area contributed by atoms with Crippen molar-refractivity contribution in [1.29, 1.82) is 0 Å². The molecule has 1 aliphatic heterocycles. The second-order valence-electron chi connectivity index (χ2n) is 7.64. The summed E-state index contributed by atoms with van der Waals surface area (Å²) in [4.78, 5) is 21.3. The standard InChI is InChI=1S/C24H28N4O5S/c1-30-19-7-5-18(6-8-19)27-10-12-28(13-11-27)23(29)16-34-15-22-25-24(26-33-22)17-4-9-20(31-2)21(14-17)32-3/h4-9,14H,10-13,15-16H2,1-3H3. The number of carbonyl (C=O) groups excluding carboxylic acids is 1. The van der Waals surface area contributed by atoms with Crippen LogP contribution >= 0.6 is 11.8 Å². The van der Waals surface area contributed by atoms with Gasteiger partial charge in [0.1, 0.15) is 5.75 Å². The summed E-state index contributed by atoms with van der Waals surface area (Å²) in [5.41, 5.74) is 1.91. The van der Waals surface area contributed by atoms with Crippen molar-refractivity contribution < 1.29 is 23.5 Å². The number of thioether (sulfide) groups is 1. The van der Waals surface area contributed by atoms with E-state index in [-0.39, 0.29) is 5.91 Å². The highest BCUT2D eigenvalue weighted by Crippen LogP contribution is 2.31. The van der Waals surface area contributed by atoms with Gasteiger partial charge in [-0.25, -0.2) is 0 Å². The lowest BCUT2D eigenvalue weighted by Gasteiger charge is -2.36. The Morgan fingerprint density at radius 3 is 2.38 bits per heavy atom. The van der Waals surface area contributed by atoms with Crippen molar-refractivity contribution in [2.45, 2.75) is 5.75 Å². The van der Waals surface area contributed by atoms with Crippen molar-refractivity contribution in [2.75, 3.05) is 58.2 Å². The molecule has 0 N–H and O–H groups in total. The molecule has 1 fully saturated rings. The van der Waals surface area contributed by atoms with Gasteiger partial charge in [0, 0.05) is 37.4 Å². The zero-order chi connectivity index (χ0) is 23.9. The van der Waals surface area contributed by atoms with Crippen LogP contribution in [0, 0.1) is 0 Å². The van der Waals surface area contributed by atoms with Gasteiger partial charge in [-0.05, 0) is 42.5 Å². The van der Waals surface area contributed by atoms with Crippen LogP contribution in [0.5, 0.6) is 17.2 Å². The Morgan fingerprint density at radius 2 is 1.71 bits per heavy atom. The molecule has 1 saturated heterocycles. The van der Waals surface area contributed by atoms with Crippen LogP contribution in [0.2, 0.25) is 0 Å². The fourth-order valence-corrected chi connectivity index (χ4v) is 4.48. The number of anilines is 1. The molecule has 1 aromatic heterocycles. The van der Waals surface area contributed by atoms with Crippen molar-refractivity contribution >= 4 is 23.4 Å². The number of benzene rings is 2. The Bertz CT molecular complexity index is 1100. The quantitative estimate of drug-likeness (QED) is 0.453. The zero-order valence-electron chi connectivity index (χ0n) is 19.5. The third kappa shape index (κ3) is 5.56. The monoisotopic (exact) mass is 484 g/mol. The van der Waals surface area contributed by atoms with Gasteiger partial charge in [0.2, 0.25) is 17.6 Å². The molecule has 180 valence electrons. The average molecular weight is 485 g/mol. The fourth-order valence-electron chi connectivity index (χ4n) is 3.73. The zero-order valence-corrected chi connectivity index (χ0v) is 20.3. The first-order valence-electron chi connectivity index (χ1n) is 10.9. The van der Waals surface area contributed by atoms with E-state index in [1.54, 1.807) is 33.5 Å². The van der Waals surface area contributed by atoms with Crippen LogP contribution in [0.15, 0.2) is 47.0 Å². The number of nitrogens with zero attached hydrogens (tertiary/aromatic N) is 4. The first-order chi connectivity index (χ1) is 16.6. The van der Waals surface area contributed by atoms with E-state index in [0.717, 1.165) is 30.1 Å². The molecule has 3 aromatic rings. The van der Waals surface area contributed by atoms with Crippen LogP contribution in [0.3, 0.4) is 0 Å². The third-order valence-electron chi connectivity index (χ3n) is 5.63. The molecule has 0 aliphatic carbocycles. The Hall–Kier alpha value is -3.40. The Balaban J connectivity index is 1.24. The fraction of sp³-hybridized carbons (Fsp3) is 0.375. The molecule has 10 heteroatoms. The summed E-state index contributed by atoms with van der Waals surface area (Å²) in [5.74, 6) is 3.98. The topological polar surface area (TPSA) is 90.2 Å². The molecular formula is C24H28N4O5S. The number of ether oxygens (including phenoxy) is 3. The average Bonchev–Trinajstić information content (AvgIpc) is 3.37. The van der Waals surface area contributed by atoms with Gasteiger partial charge in [-0.3, -0.25) is 4.79 Å². The molecular weight excluding hydrogens is 456 g/mol. The van der Waals surface area contributed by atoms with Crippen LogP contribution in [0.1, 0.15) is 5.89 Å². The predicted molar refractivity (Wildman–Crippen MR) is 131 cm³/mol. The molecule has 0 saturated carbocycles. The minimum Gasteiger partial charge on any atom is -0.497 e. The summed E-state index contributed by atoms with van der Waals surface area (Å²) in [7, 11) is 4.83. The number of aromatic nitrogens is 2. The van der Waals surface area contributed by atoms with E-state index in [9.17, 15) is 4.79 Å². The Morgan fingerprint density at radius 1 is 0.971 bits per heavy atom. The maximum atomic E-state index is 12.7. The summed E-state index contributed by atoms with van der Waals surface area (Å²) in [6.45, 7) is 3.02. The maximum Gasteiger partial charge on any atom is 0.236 e. The van der Waals surface area contributed by atoms with Crippen LogP contribution in [0.4, 0.5) is 5.69 Å². The maximum absolute atomic E-state index is 12.7. The second kappa shape index (κ2) is 11.1. The lowest BCUT2D eigenvalue weighted by atomic mass is 10.2. The van der Waals surface area contributed by atoms with E-state index < -0.39 is 0 Å². The van der Waals surface area contributed by atoms with E-state index >= 15 is 0 Å². The molecule has 34 heavy (non-hydrogen) atoms. The minimum absolute atomic E-state index is 0.124. The van der Waals surface area contributed by atoms with Gasteiger partial charge in [-0.1, -0.05) is 5.16 Å². The molecule has 1 amide bonds. The first kappa shape index (κ1) is 23.7. The first-order valence-corrected chi connectivity index (χ1v) is 12.1. The van der Waals surface area contributed by atoms with E-state index in [0.29, 0.717) is 47.8 Å². The number of piperazine rings is 1.